The molecule has 1 aliphatic rings. The van der Waals surface area contributed by atoms with Crippen molar-refractivity contribution in [1.82, 2.24) is 9.88 Å². The van der Waals surface area contributed by atoms with Gasteiger partial charge in [-0.15, -0.1) is 0 Å². The minimum absolute atomic E-state index is 0.115. The second-order valence-corrected chi connectivity index (χ2v) is 7.44. The fourth-order valence-electron chi connectivity index (χ4n) is 3.03. The Labute approximate surface area is 170 Å². The minimum Gasteiger partial charge on any atom is -0.378 e. The Morgan fingerprint density at radius 1 is 1.55 bits per heavy atom. The van der Waals surface area contributed by atoms with Gasteiger partial charge in [0.2, 0.25) is 6.41 Å². The van der Waals surface area contributed by atoms with Gasteiger partial charge in [-0.05, 0) is 38.3 Å². The van der Waals surface area contributed by atoms with Crippen LogP contribution in [0.4, 0.5) is 5.82 Å². The van der Waals surface area contributed by atoms with Crippen LogP contribution < -0.4 is 5.73 Å². The lowest BCUT2D eigenvalue weighted by atomic mass is 9.83. The van der Waals surface area contributed by atoms with Crippen molar-refractivity contribution in [3.63, 3.8) is 0 Å². The Balaban J connectivity index is 2.19. The Kier molecular flexibility index (Phi) is 7.62. The second kappa shape index (κ2) is 9.94. The molecule has 8 heteroatoms. The highest BCUT2D eigenvalue weighted by atomic mass is 16.3. The molecule has 1 aromatic rings. The van der Waals surface area contributed by atoms with Crippen LogP contribution >= 0.6 is 0 Å². The zero-order valence-corrected chi connectivity index (χ0v) is 16.8. The van der Waals surface area contributed by atoms with Crippen molar-refractivity contribution in [3.05, 3.63) is 23.9 Å². The van der Waals surface area contributed by atoms with Crippen LogP contribution in [-0.4, -0.2) is 57.9 Å². The van der Waals surface area contributed by atoms with Crippen molar-refractivity contribution < 1.29 is 14.7 Å². The monoisotopic (exact) mass is 397 g/mol. The largest absolute Gasteiger partial charge is 0.378 e. The summed E-state index contributed by atoms with van der Waals surface area (Å²) < 4.78 is 0. The maximum absolute atomic E-state index is 11.4. The molecule has 2 rings (SSSR count). The number of nitrogens with one attached hydrogen (secondary N) is 1. The lowest BCUT2D eigenvalue weighted by molar-refractivity contribution is -0.117. The molecule has 8 nitrogen and oxygen atoms in total. The number of aromatic nitrogens is 1. The van der Waals surface area contributed by atoms with Crippen molar-refractivity contribution in [2.24, 2.45) is 16.6 Å². The minimum atomic E-state index is -1.24. The molecule has 0 aliphatic heterocycles. The molecule has 4 N–H and O–H groups in total. The summed E-state index contributed by atoms with van der Waals surface area (Å²) >= 11 is 0. The van der Waals surface area contributed by atoms with E-state index in [0.29, 0.717) is 43.6 Å². The summed E-state index contributed by atoms with van der Waals surface area (Å²) in [5.74, 6) is 5.09. The third-order valence-corrected chi connectivity index (χ3v) is 4.80. The van der Waals surface area contributed by atoms with E-state index in [2.05, 4.69) is 21.8 Å². The molecule has 2 unspecified atom stereocenters. The van der Waals surface area contributed by atoms with Crippen LogP contribution in [0.3, 0.4) is 0 Å². The van der Waals surface area contributed by atoms with Crippen molar-refractivity contribution in [1.29, 1.82) is 5.41 Å². The Hall–Kier alpha value is -3.05. The fraction of sp³-hybridized carbons (Fsp3) is 0.476. The van der Waals surface area contributed by atoms with E-state index < -0.39 is 11.5 Å². The molecule has 0 spiro atoms. The molecule has 0 radical (unpaired) electrons. The normalized spacial score (nSPS) is 19.6. The van der Waals surface area contributed by atoms with Crippen LogP contribution in [0.2, 0.25) is 0 Å². The zero-order chi connectivity index (χ0) is 21.4. The van der Waals surface area contributed by atoms with Crippen LogP contribution in [-0.2, 0) is 9.59 Å². The highest BCUT2D eigenvalue weighted by Crippen LogP contribution is 2.25. The van der Waals surface area contributed by atoms with Gasteiger partial charge in [-0.3, -0.25) is 15.0 Å². The number of carbonyl (C=O) groups is 2. The summed E-state index contributed by atoms with van der Waals surface area (Å²) in [5, 5.41) is 18.3. The number of nitrogens with zero attached hydrogens (tertiary/aromatic N) is 3. The summed E-state index contributed by atoms with van der Waals surface area (Å²) in [6.07, 6.45) is 5.84. The van der Waals surface area contributed by atoms with Crippen LogP contribution in [0.1, 0.15) is 44.6 Å². The van der Waals surface area contributed by atoms with Crippen molar-refractivity contribution in [2.75, 3.05) is 13.6 Å². The number of primary amides is 1. The van der Waals surface area contributed by atoms with E-state index in [1.807, 2.05) is 0 Å². The van der Waals surface area contributed by atoms with Gasteiger partial charge in [0.1, 0.15) is 11.3 Å². The molecule has 154 valence electrons. The maximum atomic E-state index is 11.4. The summed E-state index contributed by atoms with van der Waals surface area (Å²) in [5.41, 5.74) is 5.30. The van der Waals surface area contributed by atoms with E-state index >= 15 is 0 Å². The molecule has 0 saturated heterocycles. The van der Waals surface area contributed by atoms with Gasteiger partial charge in [-0.1, -0.05) is 18.3 Å². The van der Waals surface area contributed by atoms with E-state index in [1.165, 1.54) is 4.90 Å². The lowest BCUT2D eigenvalue weighted by Crippen LogP contribution is -2.35. The fourth-order valence-corrected chi connectivity index (χ4v) is 3.03. The van der Waals surface area contributed by atoms with Crippen LogP contribution in [0.25, 0.3) is 0 Å². The number of rotatable bonds is 7. The Morgan fingerprint density at radius 2 is 2.31 bits per heavy atom. The van der Waals surface area contributed by atoms with E-state index in [1.54, 1.807) is 32.3 Å². The van der Waals surface area contributed by atoms with Crippen molar-refractivity contribution in [2.45, 2.75) is 44.6 Å². The first-order valence-corrected chi connectivity index (χ1v) is 9.54. The Bertz CT molecular complexity index is 867. The van der Waals surface area contributed by atoms with Crippen molar-refractivity contribution in [3.8, 4) is 11.8 Å². The predicted octanol–water partition coefficient (Wildman–Crippen LogP) is 1.43. The Morgan fingerprint density at radius 3 is 3.00 bits per heavy atom. The first-order valence-electron chi connectivity index (χ1n) is 9.54. The third kappa shape index (κ3) is 6.80. The zero-order valence-electron chi connectivity index (χ0n) is 16.8. The first-order chi connectivity index (χ1) is 13.7. The molecular formula is C21H27N5O3. The van der Waals surface area contributed by atoms with Gasteiger partial charge in [0, 0.05) is 43.4 Å². The number of carbonyl (C=O) groups excluding carboxylic acids is 2. The van der Waals surface area contributed by atoms with Gasteiger partial charge in [-0.2, -0.15) is 0 Å². The molecule has 29 heavy (non-hydrogen) atoms. The molecule has 0 bridgehead atoms. The topological polar surface area (TPSA) is 133 Å². The molecule has 0 aromatic carbocycles. The number of amides is 2. The number of aliphatic imine (C=N–C) groups is 1. The van der Waals surface area contributed by atoms with Gasteiger partial charge < -0.3 is 15.7 Å². The number of pyridine rings is 1. The van der Waals surface area contributed by atoms with E-state index in [-0.39, 0.29) is 11.6 Å². The average molecular weight is 397 g/mol. The van der Waals surface area contributed by atoms with Gasteiger partial charge in [0.25, 0.3) is 5.91 Å². The molecule has 2 atom stereocenters. The third-order valence-electron chi connectivity index (χ3n) is 4.80. The van der Waals surface area contributed by atoms with E-state index in [4.69, 9.17) is 11.1 Å². The van der Waals surface area contributed by atoms with Crippen LogP contribution in [0.15, 0.2) is 23.3 Å². The first kappa shape index (κ1) is 22.2. The standard InChI is InChI=1S/C21H27N5O3/c1-21(29,10-12-26(2)14-27)9-7-15-8-11-24-18(13-15)25-17-6-4-3-5-16(17)19(22)20(23)28/h8,11,13-14,16,22,29H,3-6,10,12H2,1-2H3,(H2,23,28). The van der Waals surface area contributed by atoms with Gasteiger partial charge in [0.05, 0.1) is 0 Å². The number of hydrogen-bond acceptors (Lipinski definition) is 6. The van der Waals surface area contributed by atoms with Crippen LogP contribution in [0.5, 0.6) is 0 Å². The quantitative estimate of drug-likeness (QED) is 0.365. The summed E-state index contributed by atoms with van der Waals surface area (Å²) in [7, 11) is 1.64. The van der Waals surface area contributed by atoms with Crippen LogP contribution in [0, 0.1) is 23.2 Å². The lowest BCUT2D eigenvalue weighted by Gasteiger charge is -2.23. The number of aliphatic hydroxyl groups is 1. The molecule has 1 heterocycles. The highest BCUT2D eigenvalue weighted by molar-refractivity contribution is 6.41. The molecule has 1 aliphatic carbocycles. The number of nitrogens with two attached hydrogens (primary N) is 1. The van der Waals surface area contributed by atoms with E-state index in [0.717, 1.165) is 18.6 Å². The van der Waals surface area contributed by atoms with E-state index in [9.17, 15) is 14.7 Å². The highest BCUT2D eigenvalue weighted by Gasteiger charge is 2.27. The molecule has 2 amide bonds. The van der Waals surface area contributed by atoms with Gasteiger partial charge in [0.15, 0.2) is 5.82 Å². The van der Waals surface area contributed by atoms with Crippen molar-refractivity contribution >= 4 is 29.6 Å². The summed E-state index contributed by atoms with van der Waals surface area (Å²) in [4.78, 5) is 32.3. The smallest absolute Gasteiger partial charge is 0.263 e. The summed E-state index contributed by atoms with van der Waals surface area (Å²) in [6.45, 7) is 2.00. The van der Waals surface area contributed by atoms with Gasteiger partial charge >= 0.3 is 0 Å². The predicted molar refractivity (Wildman–Crippen MR) is 111 cm³/mol. The second-order valence-electron chi connectivity index (χ2n) is 7.44. The maximum Gasteiger partial charge on any atom is 0.263 e. The molecular weight excluding hydrogens is 370 g/mol. The average Bonchev–Trinajstić information content (AvgIpc) is 2.71. The SMILES string of the molecule is CN(C=O)CCC(C)(O)C#Cc1ccnc(N=C2CCCCC2C(=N)C(N)=O)c1. The molecule has 1 fully saturated rings. The molecule has 1 saturated carbocycles. The van der Waals surface area contributed by atoms with Gasteiger partial charge in [-0.25, -0.2) is 9.98 Å². The number of hydrogen-bond donors (Lipinski definition) is 3. The molecule has 1 aromatic heterocycles. The summed E-state index contributed by atoms with van der Waals surface area (Å²) in [6, 6.07) is 3.42.